The molecule has 0 aliphatic carbocycles. The molecular weight excluding hydrogens is 242 g/mol. The van der Waals surface area contributed by atoms with Crippen molar-refractivity contribution in [1.82, 2.24) is 14.7 Å². The van der Waals surface area contributed by atoms with Crippen LogP contribution in [-0.2, 0) is 18.3 Å². The number of carboxylic acids is 1. The van der Waals surface area contributed by atoms with Gasteiger partial charge in [-0.1, -0.05) is 13.3 Å². The third-order valence-electron chi connectivity index (χ3n) is 4.09. The van der Waals surface area contributed by atoms with Gasteiger partial charge in [-0.2, -0.15) is 5.10 Å². The standard InChI is InChI=1S/C14H23N3O2/c1-3-5-14(13(18)19)6-8-17(11-14)7-4-12-9-15-16(2)10-12/h9-10H,3-8,11H2,1-2H3,(H,18,19). The summed E-state index contributed by atoms with van der Waals surface area (Å²) < 4.78 is 1.80. The first-order valence-electron chi connectivity index (χ1n) is 6.99. The molecule has 0 spiro atoms. The van der Waals surface area contributed by atoms with Crippen LogP contribution >= 0.6 is 0 Å². The highest BCUT2D eigenvalue weighted by Gasteiger charge is 2.43. The number of carbonyl (C=O) groups is 1. The fourth-order valence-corrected chi connectivity index (χ4v) is 3.00. The van der Waals surface area contributed by atoms with E-state index in [1.54, 1.807) is 4.68 Å². The Morgan fingerprint density at radius 2 is 2.37 bits per heavy atom. The number of nitrogens with zero attached hydrogens (tertiary/aromatic N) is 3. The smallest absolute Gasteiger partial charge is 0.310 e. The second-order valence-electron chi connectivity index (χ2n) is 5.63. The van der Waals surface area contributed by atoms with Gasteiger partial charge in [0, 0.05) is 26.3 Å². The number of hydrogen-bond acceptors (Lipinski definition) is 3. The summed E-state index contributed by atoms with van der Waals surface area (Å²) in [5.41, 5.74) is 0.703. The lowest BCUT2D eigenvalue weighted by Crippen LogP contribution is -2.35. The molecule has 1 aliphatic rings. The predicted molar refractivity (Wildman–Crippen MR) is 72.9 cm³/mol. The number of likely N-dealkylation sites (tertiary alicyclic amines) is 1. The first kappa shape index (κ1) is 14.1. The summed E-state index contributed by atoms with van der Waals surface area (Å²) in [6.45, 7) is 4.57. The van der Waals surface area contributed by atoms with Gasteiger partial charge in [0.15, 0.2) is 0 Å². The van der Waals surface area contributed by atoms with E-state index in [4.69, 9.17) is 0 Å². The van der Waals surface area contributed by atoms with Gasteiger partial charge in [0.1, 0.15) is 0 Å². The van der Waals surface area contributed by atoms with Crippen molar-refractivity contribution in [3.8, 4) is 0 Å². The summed E-state index contributed by atoms with van der Waals surface area (Å²) in [6.07, 6.45) is 7.34. The summed E-state index contributed by atoms with van der Waals surface area (Å²) >= 11 is 0. The molecule has 1 aromatic heterocycles. The number of aromatic nitrogens is 2. The summed E-state index contributed by atoms with van der Waals surface area (Å²) in [6, 6.07) is 0. The monoisotopic (exact) mass is 265 g/mol. The van der Waals surface area contributed by atoms with Crippen molar-refractivity contribution in [3.05, 3.63) is 18.0 Å². The third kappa shape index (κ3) is 3.15. The molecule has 5 heteroatoms. The van der Waals surface area contributed by atoms with Gasteiger partial charge in [0.2, 0.25) is 0 Å². The molecule has 1 N–H and O–H groups in total. The lowest BCUT2D eigenvalue weighted by atomic mass is 9.83. The largest absolute Gasteiger partial charge is 0.481 e. The minimum atomic E-state index is -0.627. The molecule has 0 saturated carbocycles. The van der Waals surface area contributed by atoms with Gasteiger partial charge in [0.25, 0.3) is 0 Å². The van der Waals surface area contributed by atoms with Crippen molar-refractivity contribution in [2.45, 2.75) is 32.6 Å². The maximum atomic E-state index is 11.5. The summed E-state index contributed by atoms with van der Waals surface area (Å²) in [5.74, 6) is -0.627. The molecule has 1 aromatic rings. The molecule has 0 amide bonds. The fraction of sp³-hybridized carbons (Fsp3) is 0.714. The van der Waals surface area contributed by atoms with E-state index in [9.17, 15) is 9.90 Å². The van der Waals surface area contributed by atoms with Gasteiger partial charge in [-0.05, 0) is 31.4 Å². The van der Waals surface area contributed by atoms with Gasteiger partial charge in [0.05, 0.1) is 11.6 Å². The lowest BCUT2D eigenvalue weighted by molar-refractivity contribution is -0.148. The molecule has 1 saturated heterocycles. The van der Waals surface area contributed by atoms with Crippen LogP contribution < -0.4 is 0 Å². The summed E-state index contributed by atoms with van der Waals surface area (Å²) in [5, 5.41) is 13.6. The van der Waals surface area contributed by atoms with Crippen LogP contribution in [-0.4, -0.2) is 45.4 Å². The Balaban J connectivity index is 1.88. The van der Waals surface area contributed by atoms with Crippen molar-refractivity contribution >= 4 is 5.97 Å². The Morgan fingerprint density at radius 3 is 2.95 bits per heavy atom. The Labute approximate surface area is 114 Å². The number of aryl methyl sites for hydroxylation is 1. The molecule has 5 nitrogen and oxygen atoms in total. The van der Waals surface area contributed by atoms with Crippen molar-refractivity contribution < 1.29 is 9.90 Å². The topological polar surface area (TPSA) is 58.4 Å². The van der Waals surface area contributed by atoms with Gasteiger partial charge in [-0.3, -0.25) is 9.48 Å². The van der Waals surface area contributed by atoms with E-state index in [0.717, 1.165) is 38.8 Å². The first-order valence-corrected chi connectivity index (χ1v) is 6.99. The zero-order valence-electron chi connectivity index (χ0n) is 11.8. The molecule has 2 rings (SSSR count). The SMILES string of the molecule is CCCC1(C(=O)O)CCN(CCc2cnn(C)c2)C1. The molecule has 0 bridgehead atoms. The molecule has 19 heavy (non-hydrogen) atoms. The molecule has 1 aliphatic heterocycles. The Hall–Kier alpha value is -1.36. The molecule has 1 fully saturated rings. The van der Waals surface area contributed by atoms with E-state index in [1.165, 1.54) is 5.56 Å². The van der Waals surface area contributed by atoms with Crippen LogP contribution in [0, 0.1) is 5.41 Å². The van der Waals surface area contributed by atoms with E-state index in [2.05, 4.69) is 16.9 Å². The van der Waals surface area contributed by atoms with Crippen LogP contribution in [0.3, 0.4) is 0 Å². The lowest BCUT2D eigenvalue weighted by Gasteiger charge is -2.24. The maximum absolute atomic E-state index is 11.5. The zero-order valence-corrected chi connectivity index (χ0v) is 11.8. The van der Waals surface area contributed by atoms with Gasteiger partial charge < -0.3 is 10.0 Å². The van der Waals surface area contributed by atoms with Crippen LogP contribution in [0.25, 0.3) is 0 Å². The van der Waals surface area contributed by atoms with Crippen molar-refractivity contribution in [2.24, 2.45) is 12.5 Å². The van der Waals surface area contributed by atoms with Crippen LogP contribution in [0.1, 0.15) is 31.7 Å². The van der Waals surface area contributed by atoms with E-state index in [0.29, 0.717) is 6.54 Å². The number of hydrogen-bond donors (Lipinski definition) is 1. The third-order valence-corrected chi connectivity index (χ3v) is 4.09. The molecule has 2 heterocycles. The predicted octanol–water partition coefficient (Wildman–Crippen LogP) is 1.54. The first-order chi connectivity index (χ1) is 9.05. The number of aliphatic carboxylic acids is 1. The highest BCUT2D eigenvalue weighted by Crippen LogP contribution is 2.35. The Morgan fingerprint density at radius 1 is 1.58 bits per heavy atom. The van der Waals surface area contributed by atoms with E-state index in [1.807, 2.05) is 19.4 Å². The summed E-state index contributed by atoms with van der Waals surface area (Å²) in [4.78, 5) is 13.8. The second kappa shape index (κ2) is 5.74. The molecule has 106 valence electrons. The highest BCUT2D eigenvalue weighted by atomic mass is 16.4. The van der Waals surface area contributed by atoms with Crippen molar-refractivity contribution in [2.75, 3.05) is 19.6 Å². The number of rotatable bonds is 6. The molecular formula is C14H23N3O2. The van der Waals surface area contributed by atoms with Crippen LogP contribution in [0.5, 0.6) is 0 Å². The van der Waals surface area contributed by atoms with E-state index in [-0.39, 0.29) is 0 Å². The molecule has 1 unspecified atom stereocenters. The van der Waals surface area contributed by atoms with Crippen molar-refractivity contribution in [3.63, 3.8) is 0 Å². The minimum absolute atomic E-state index is 0.510. The average Bonchev–Trinajstić information content (AvgIpc) is 2.95. The Bertz CT molecular complexity index is 444. The number of carboxylic acid groups (broad SMARTS) is 1. The second-order valence-corrected chi connectivity index (χ2v) is 5.63. The van der Waals surface area contributed by atoms with Crippen LogP contribution in [0.15, 0.2) is 12.4 Å². The molecule has 0 aromatic carbocycles. The van der Waals surface area contributed by atoms with Crippen LogP contribution in [0.4, 0.5) is 0 Å². The Kier molecular flexibility index (Phi) is 4.24. The maximum Gasteiger partial charge on any atom is 0.310 e. The molecule has 1 atom stereocenters. The van der Waals surface area contributed by atoms with E-state index >= 15 is 0 Å². The average molecular weight is 265 g/mol. The van der Waals surface area contributed by atoms with Crippen molar-refractivity contribution in [1.29, 1.82) is 0 Å². The fourth-order valence-electron chi connectivity index (χ4n) is 3.00. The zero-order chi connectivity index (χ0) is 13.9. The van der Waals surface area contributed by atoms with E-state index < -0.39 is 11.4 Å². The quantitative estimate of drug-likeness (QED) is 0.847. The van der Waals surface area contributed by atoms with Gasteiger partial charge in [-0.15, -0.1) is 0 Å². The molecule has 0 radical (unpaired) electrons. The van der Waals surface area contributed by atoms with Crippen LogP contribution in [0.2, 0.25) is 0 Å². The normalized spacial score (nSPS) is 23.9. The van der Waals surface area contributed by atoms with Gasteiger partial charge >= 0.3 is 5.97 Å². The van der Waals surface area contributed by atoms with Gasteiger partial charge in [-0.25, -0.2) is 0 Å². The minimum Gasteiger partial charge on any atom is -0.481 e. The highest BCUT2D eigenvalue weighted by molar-refractivity contribution is 5.75. The summed E-state index contributed by atoms with van der Waals surface area (Å²) in [7, 11) is 1.91.